The summed E-state index contributed by atoms with van der Waals surface area (Å²) in [6.45, 7) is 9.17. The average Bonchev–Trinajstić information content (AvgIpc) is 3.02. The van der Waals surface area contributed by atoms with Gasteiger partial charge in [0.05, 0.1) is 17.1 Å². The molecule has 5 nitrogen and oxygen atoms in total. The van der Waals surface area contributed by atoms with E-state index in [2.05, 4.69) is 18.9 Å². The van der Waals surface area contributed by atoms with Gasteiger partial charge in [-0.1, -0.05) is 70.6 Å². The summed E-state index contributed by atoms with van der Waals surface area (Å²) in [5.74, 6) is 0. The normalized spacial score (nSPS) is 12.0. The fourth-order valence-electron chi connectivity index (χ4n) is 3.73. The zero-order valence-corrected chi connectivity index (χ0v) is 19.3. The number of hydrogen-bond acceptors (Lipinski definition) is 3. The highest BCUT2D eigenvalue weighted by Crippen LogP contribution is 2.26. The van der Waals surface area contributed by atoms with Crippen molar-refractivity contribution in [2.75, 3.05) is 13.1 Å². The van der Waals surface area contributed by atoms with Crippen molar-refractivity contribution in [3.8, 4) is 5.69 Å². The molecule has 0 radical (unpaired) electrons. The maximum atomic E-state index is 13.6. The summed E-state index contributed by atoms with van der Waals surface area (Å²) in [6, 6.07) is 9.72. The Hall–Kier alpha value is -1.66. The first-order valence-electron chi connectivity index (χ1n) is 11.0. The molecule has 1 aromatic heterocycles. The Bertz CT molecular complexity index is 833. The number of para-hydroxylation sites is 1. The zero-order chi connectivity index (χ0) is 21.3. The van der Waals surface area contributed by atoms with E-state index in [0.29, 0.717) is 29.4 Å². The highest BCUT2D eigenvalue weighted by atomic mass is 32.2. The minimum absolute atomic E-state index is 0.368. The number of nitrogens with zero attached hydrogens (tertiary/aromatic N) is 3. The highest BCUT2D eigenvalue weighted by molar-refractivity contribution is 7.89. The van der Waals surface area contributed by atoms with Gasteiger partial charge in [0.15, 0.2) is 0 Å². The smallest absolute Gasteiger partial charge is 0.236 e. The summed E-state index contributed by atoms with van der Waals surface area (Å²) in [7, 11) is -3.57. The molecule has 0 N–H and O–H groups in total. The molecule has 0 bridgehead atoms. The van der Waals surface area contributed by atoms with Crippen molar-refractivity contribution in [3.05, 3.63) is 41.7 Å². The average molecular weight is 420 g/mol. The SMILES string of the molecule is CCCCCCN(CCCCCC)S(=O)(=O)c1c(C)nn(-c2ccccc2)c1C. The van der Waals surface area contributed by atoms with Gasteiger partial charge < -0.3 is 0 Å². The monoisotopic (exact) mass is 419 g/mol. The maximum Gasteiger partial charge on any atom is 0.246 e. The van der Waals surface area contributed by atoms with Gasteiger partial charge in [0.25, 0.3) is 0 Å². The van der Waals surface area contributed by atoms with Crippen molar-refractivity contribution in [1.29, 1.82) is 0 Å². The second kappa shape index (κ2) is 11.5. The molecule has 0 spiro atoms. The number of rotatable bonds is 13. The number of hydrogen-bond donors (Lipinski definition) is 0. The molecule has 29 heavy (non-hydrogen) atoms. The molecule has 6 heteroatoms. The molecule has 0 saturated heterocycles. The summed E-state index contributed by atoms with van der Waals surface area (Å²) < 4.78 is 30.7. The van der Waals surface area contributed by atoms with Crippen LogP contribution in [0.1, 0.15) is 76.6 Å². The predicted molar refractivity (Wildman–Crippen MR) is 120 cm³/mol. The van der Waals surface area contributed by atoms with E-state index in [-0.39, 0.29) is 0 Å². The molecule has 1 heterocycles. The quantitative estimate of drug-likeness (QED) is 0.395. The molecule has 0 aliphatic heterocycles. The summed E-state index contributed by atoms with van der Waals surface area (Å²) in [6.07, 6.45) is 8.53. The number of sulfonamides is 1. The number of unbranched alkanes of at least 4 members (excludes halogenated alkanes) is 6. The first-order chi connectivity index (χ1) is 13.9. The van der Waals surface area contributed by atoms with Crippen LogP contribution in [0.15, 0.2) is 35.2 Å². The Morgan fingerprint density at radius 3 is 1.93 bits per heavy atom. The predicted octanol–water partition coefficient (Wildman–Crippen LogP) is 5.64. The van der Waals surface area contributed by atoms with Crippen LogP contribution in [0.5, 0.6) is 0 Å². The molecular formula is C23H37N3O2S. The van der Waals surface area contributed by atoms with E-state index in [0.717, 1.165) is 57.1 Å². The topological polar surface area (TPSA) is 55.2 Å². The second-order valence-electron chi connectivity index (χ2n) is 7.77. The van der Waals surface area contributed by atoms with Crippen molar-refractivity contribution in [3.63, 3.8) is 0 Å². The molecule has 2 rings (SSSR count). The van der Waals surface area contributed by atoms with E-state index in [1.807, 2.05) is 37.3 Å². The van der Waals surface area contributed by atoms with Gasteiger partial charge in [0.2, 0.25) is 10.0 Å². The van der Waals surface area contributed by atoms with Crippen LogP contribution < -0.4 is 0 Å². The van der Waals surface area contributed by atoms with Crippen LogP contribution in [-0.4, -0.2) is 35.6 Å². The van der Waals surface area contributed by atoms with Crippen molar-refractivity contribution in [1.82, 2.24) is 14.1 Å². The number of aryl methyl sites for hydroxylation is 1. The van der Waals surface area contributed by atoms with E-state index in [4.69, 9.17) is 0 Å². The van der Waals surface area contributed by atoms with Gasteiger partial charge in [-0.05, 0) is 38.8 Å². The van der Waals surface area contributed by atoms with Gasteiger partial charge in [-0.3, -0.25) is 0 Å². The molecule has 0 unspecified atom stereocenters. The third-order valence-electron chi connectivity index (χ3n) is 5.35. The molecule has 0 amide bonds. The van der Waals surface area contributed by atoms with Crippen molar-refractivity contribution >= 4 is 10.0 Å². The van der Waals surface area contributed by atoms with Crippen LogP contribution in [-0.2, 0) is 10.0 Å². The third kappa shape index (κ3) is 6.16. The largest absolute Gasteiger partial charge is 0.246 e. The van der Waals surface area contributed by atoms with Crippen LogP contribution >= 0.6 is 0 Å². The summed E-state index contributed by atoms with van der Waals surface area (Å²) in [5.41, 5.74) is 2.13. The van der Waals surface area contributed by atoms with E-state index >= 15 is 0 Å². The van der Waals surface area contributed by atoms with E-state index in [1.54, 1.807) is 15.9 Å². The van der Waals surface area contributed by atoms with Crippen molar-refractivity contribution in [2.45, 2.75) is 84.0 Å². The molecule has 0 atom stereocenters. The lowest BCUT2D eigenvalue weighted by Crippen LogP contribution is -2.33. The Labute approximate surface area is 177 Å². The lowest BCUT2D eigenvalue weighted by molar-refractivity contribution is 0.385. The van der Waals surface area contributed by atoms with E-state index < -0.39 is 10.0 Å². The Morgan fingerprint density at radius 2 is 1.41 bits per heavy atom. The van der Waals surface area contributed by atoms with E-state index in [1.165, 1.54) is 0 Å². The lowest BCUT2D eigenvalue weighted by atomic mass is 10.2. The fourth-order valence-corrected chi connectivity index (χ4v) is 5.60. The molecule has 0 aliphatic rings. The van der Waals surface area contributed by atoms with Crippen molar-refractivity contribution < 1.29 is 8.42 Å². The molecule has 1 aromatic carbocycles. The van der Waals surface area contributed by atoms with Gasteiger partial charge in [-0.15, -0.1) is 0 Å². The van der Waals surface area contributed by atoms with Gasteiger partial charge >= 0.3 is 0 Å². The molecule has 0 aliphatic carbocycles. The number of benzene rings is 1. The fraction of sp³-hybridized carbons (Fsp3) is 0.609. The van der Waals surface area contributed by atoms with Crippen LogP contribution in [0, 0.1) is 13.8 Å². The summed E-state index contributed by atoms with van der Waals surface area (Å²) in [5, 5.41) is 4.56. The Morgan fingerprint density at radius 1 is 0.862 bits per heavy atom. The lowest BCUT2D eigenvalue weighted by Gasteiger charge is -2.22. The second-order valence-corrected chi connectivity index (χ2v) is 9.65. The van der Waals surface area contributed by atoms with Gasteiger partial charge in [0.1, 0.15) is 4.90 Å². The maximum absolute atomic E-state index is 13.6. The van der Waals surface area contributed by atoms with Crippen LogP contribution in [0.4, 0.5) is 0 Å². The van der Waals surface area contributed by atoms with Crippen LogP contribution in [0.2, 0.25) is 0 Å². The molecule has 2 aromatic rings. The van der Waals surface area contributed by atoms with Gasteiger partial charge in [-0.25, -0.2) is 13.1 Å². The Kier molecular flexibility index (Phi) is 9.37. The van der Waals surface area contributed by atoms with Gasteiger partial charge in [-0.2, -0.15) is 9.40 Å². The van der Waals surface area contributed by atoms with Crippen LogP contribution in [0.3, 0.4) is 0 Å². The highest BCUT2D eigenvalue weighted by Gasteiger charge is 2.30. The summed E-state index contributed by atoms with van der Waals surface area (Å²) >= 11 is 0. The molecule has 0 saturated carbocycles. The van der Waals surface area contributed by atoms with Gasteiger partial charge in [0, 0.05) is 13.1 Å². The van der Waals surface area contributed by atoms with Crippen LogP contribution in [0.25, 0.3) is 5.69 Å². The first-order valence-corrected chi connectivity index (χ1v) is 12.5. The molecule has 0 fully saturated rings. The molecule has 162 valence electrons. The first kappa shape index (κ1) is 23.6. The Balaban J connectivity index is 2.30. The standard InChI is InChI=1S/C23H37N3O2S/c1-5-7-9-14-18-25(19-15-10-8-6-2)29(27,28)23-20(3)24-26(21(23)4)22-16-12-11-13-17-22/h11-13,16-17H,5-10,14-15,18-19H2,1-4H3. The summed E-state index contributed by atoms with van der Waals surface area (Å²) in [4.78, 5) is 0.368. The van der Waals surface area contributed by atoms with E-state index in [9.17, 15) is 8.42 Å². The zero-order valence-electron chi connectivity index (χ0n) is 18.5. The number of aromatic nitrogens is 2. The third-order valence-corrected chi connectivity index (χ3v) is 7.50. The minimum atomic E-state index is -3.57. The minimum Gasteiger partial charge on any atom is -0.236 e. The van der Waals surface area contributed by atoms with Crippen molar-refractivity contribution in [2.24, 2.45) is 0 Å². The molecular weight excluding hydrogens is 382 g/mol.